The van der Waals surface area contributed by atoms with Crippen LogP contribution in [0.25, 0.3) is 0 Å². The number of hydrogen-bond donors (Lipinski definition) is 1. The summed E-state index contributed by atoms with van der Waals surface area (Å²) in [6.07, 6.45) is 4.01. The van der Waals surface area contributed by atoms with E-state index in [9.17, 15) is 4.39 Å². The van der Waals surface area contributed by atoms with Gasteiger partial charge in [0.15, 0.2) is 11.6 Å². The van der Waals surface area contributed by atoms with Crippen LogP contribution in [0, 0.1) is 23.6 Å². The van der Waals surface area contributed by atoms with Gasteiger partial charge in [0.25, 0.3) is 0 Å². The van der Waals surface area contributed by atoms with E-state index in [0.717, 1.165) is 17.4 Å². The Morgan fingerprint density at radius 3 is 2.56 bits per heavy atom. The van der Waals surface area contributed by atoms with Crippen molar-refractivity contribution in [3.63, 3.8) is 0 Å². The minimum atomic E-state index is -0.265. The molecule has 18 heavy (non-hydrogen) atoms. The Morgan fingerprint density at radius 1 is 1.28 bits per heavy atom. The average molecular weight is 249 g/mol. The van der Waals surface area contributed by atoms with E-state index in [1.807, 2.05) is 13.1 Å². The smallest absolute Gasteiger partial charge is 0.165 e. The standard InChI is InChI=1S/C15H20FNO/c1-17-15(12-6-10-5-11(10)7-12)9-3-4-14(18-2)13(16)8-9/h3-4,8,10-12,15,17H,5-7H2,1-2H3. The highest BCUT2D eigenvalue weighted by Crippen LogP contribution is 2.57. The van der Waals surface area contributed by atoms with E-state index < -0.39 is 0 Å². The van der Waals surface area contributed by atoms with E-state index in [1.165, 1.54) is 26.4 Å². The summed E-state index contributed by atoms with van der Waals surface area (Å²) in [5.41, 5.74) is 1.04. The lowest BCUT2D eigenvalue weighted by atomic mass is 9.89. The van der Waals surface area contributed by atoms with Crippen LogP contribution in [-0.4, -0.2) is 14.2 Å². The third-order valence-corrected chi connectivity index (χ3v) is 4.60. The van der Waals surface area contributed by atoms with Crippen LogP contribution >= 0.6 is 0 Å². The molecule has 2 aliphatic rings. The molecule has 1 aromatic rings. The summed E-state index contributed by atoms with van der Waals surface area (Å²) in [5.74, 6) is 2.62. The first-order chi connectivity index (χ1) is 8.72. The monoisotopic (exact) mass is 249 g/mol. The molecule has 0 spiro atoms. The van der Waals surface area contributed by atoms with Gasteiger partial charge < -0.3 is 10.1 Å². The quantitative estimate of drug-likeness (QED) is 0.885. The van der Waals surface area contributed by atoms with E-state index in [2.05, 4.69) is 5.32 Å². The summed E-state index contributed by atoms with van der Waals surface area (Å²) >= 11 is 0. The minimum absolute atomic E-state index is 0.265. The molecule has 0 radical (unpaired) electrons. The maximum absolute atomic E-state index is 13.8. The van der Waals surface area contributed by atoms with E-state index in [4.69, 9.17) is 4.74 Å². The molecule has 2 nitrogen and oxygen atoms in total. The molecule has 2 saturated carbocycles. The highest BCUT2D eigenvalue weighted by molar-refractivity contribution is 5.31. The van der Waals surface area contributed by atoms with Crippen LogP contribution in [-0.2, 0) is 0 Å². The normalized spacial score (nSPS) is 30.9. The molecular weight excluding hydrogens is 229 g/mol. The summed E-state index contributed by atoms with van der Waals surface area (Å²) in [5, 5.41) is 3.36. The molecule has 1 N–H and O–H groups in total. The lowest BCUT2D eigenvalue weighted by Crippen LogP contribution is -2.24. The number of halogens is 1. The van der Waals surface area contributed by atoms with Gasteiger partial charge in [0.1, 0.15) is 0 Å². The Labute approximate surface area is 108 Å². The summed E-state index contributed by atoms with van der Waals surface area (Å²) in [6.45, 7) is 0. The number of fused-ring (bicyclic) bond motifs is 1. The molecule has 98 valence electrons. The van der Waals surface area contributed by atoms with Gasteiger partial charge in [0, 0.05) is 6.04 Å². The average Bonchev–Trinajstić information content (AvgIpc) is 2.98. The van der Waals surface area contributed by atoms with Gasteiger partial charge in [-0.3, -0.25) is 0 Å². The SMILES string of the molecule is CNC(c1ccc(OC)c(F)c1)C1CC2CC2C1. The highest BCUT2D eigenvalue weighted by Gasteiger charge is 2.47. The van der Waals surface area contributed by atoms with Gasteiger partial charge >= 0.3 is 0 Å². The second-order valence-corrected chi connectivity index (χ2v) is 5.65. The molecule has 3 heteroatoms. The van der Waals surface area contributed by atoms with E-state index in [-0.39, 0.29) is 11.9 Å². The van der Waals surface area contributed by atoms with Crippen LogP contribution < -0.4 is 10.1 Å². The molecule has 2 fully saturated rings. The number of nitrogens with one attached hydrogen (secondary N) is 1. The molecule has 3 unspecified atom stereocenters. The van der Waals surface area contributed by atoms with Crippen molar-refractivity contribution in [3.8, 4) is 5.75 Å². The van der Waals surface area contributed by atoms with E-state index in [1.54, 1.807) is 12.1 Å². The molecular formula is C15H20FNO. The Kier molecular flexibility index (Phi) is 3.02. The van der Waals surface area contributed by atoms with Gasteiger partial charge in [-0.05, 0) is 61.8 Å². The van der Waals surface area contributed by atoms with Gasteiger partial charge in [0.05, 0.1) is 7.11 Å². The lowest BCUT2D eigenvalue weighted by molar-refractivity contribution is 0.355. The van der Waals surface area contributed by atoms with Crippen LogP contribution in [0.5, 0.6) is 5.75 Å². The third kappa shape index (κ3) is 2.01. The second-order valence-electron chi connectivity index (χ2n) is 5.65. The summed E-state index contributed by atoms with van der Waals surface area (Å²) in [4.78, 5) is 0. The number of methoxy groups -OCH3 is 1. The lowest BCUT2D eigenvalue weighted by Gasteiger charge is -2.25. The molecule has 0 amide bonds. The van der Waals surface area contributed by atoms with E-state index >= 15 is 0 Å². The van der Waals surface area contributed by atoms with Gasteiger partial charge in [-0.25, -0.2) is 4.39 Å². The molecule has 0 bridgehead atoms. The fourth-order valence-electron chi connectivity index (χ4n) is 3.58. The fourth-order valence-corrected chi connectivity index (χ4v) is 3.58. The van der Waals surface area contributed by atoms with E-state index in [0.29, 0.717) is 11.7 Å². The second kappa shape index (κ2) is 4.54. The minimum Gasteiger partial charge on any atom is -0.494 e. The van der Waals surface area contributed by atoms with Crippen molar-refractivity contribution >= 4 is 0 Å². The number of rotatable bonds is 4. The van der Waals surface area contributed by atoms with Crippen molar-refractivity contribution < 1.29 is 9.13 Å². The van der Waals surface area contributed by atoms with Crippen LogP contribution in [0.3, 0.4) is 0 Å². The summed E-state index contributed by atoms with van der Waals surface area (Å²) in [6, 6.07) is 5.60. The van der Waals surface area contributed by atoms with Gasteiger partial charge in [-0.15, -0.1) is 0 Å². The topological polar surface area (TPSA) is 21.3 Å². The van der Waals surface area contributed by atoms with Crippen molar-refractivity contribution in [2.45, 2.75) is 25.3 Å². The summed E-state index contributed by atoms with van der Waals surface area (Å²) < 4.78 is 18.7. The van der Waals surface area contributed by atoms with Crippen molar-refractivity contribution in [3.05, 3.63) is 29.6 Å². The Hall–Kier alpha value is -1.09. The molecule has 1 aromatic carbocycles. The van der Waals surface area contributed by atoms with Gasteiger partial charge in [-0.2, -0.15) is 0 Å². The van der Waals surface area contributed by atoms with Crippen molar-refractivity contribution in [2.75, 3.05) is 14.2 Å². The Balaban J connectivity index is 1.80. The van der Waals surface area contributed by atoms with Crippen LogP contribution in [0.4, 0.5) is 4.39 Å². The number of ether oxygens (including phenoxy) is 1. The molecule has 3 rings (SSSR count). The Bertz CT molecular complexity index is 438. The first-order valence-electron chi connectivity index (χ1n) is 6.73. The first kappa shape index (κ1) is 12.0. The van der Waals surface area contributed by atoms with Gasteiger partial charge in [-0.1, -0.05) is 6.07 Å². The number of hydrogen-bond acceptors (Lipinski definition) is 2. The molecule has 0 aliphatic heterocycles. The van der Waals surface area contributed by atoms with Crippen molar-refractivity contribution in [1.29, 1.82) is 0 Å². The number of benzene rings is 1. The van der Waals surface area contributed by atoms with Crippen molar-refractivity contribution in [2.24, 2.45) is 17.8 Å². The Morgan fingerprint density at radius 2 is 2.00 bits per heavy atom. The molecule has 0 heterocycles. The van der Waals surface area contributed by atoms with Gasteiger partial charge in [0.2, 0.25) is 0 Å². The predicted molar refractivity (Wildman–Crippen MR) is 69.1 cm³/mol. The van der Waals surface area contributed by atoms with Crippen LogP contribution in [0.2, 0.25) is 0 Å². The maximum atomic E-state index is 13.8. The highest BCUT2D eigenvalue weighted by atomic mass is 19.1. The van der Waals surface area contributed by atoms with Crippen molar-refractivity contribution in [1.82, 2.24) is 5.32 Å². The molecule has 0 aromatic heterocycles. The van der Waals surface area contributed by atoms with Crippen LogP contribution in [0.15, 0.2) is 18.2 Å². The maximum Gasteiger partial charge on any atom is 0.165 e. The third-order valence-electron chi connectivity index (χ3n) is 4.60. The molecule has 3 atom stereocenters. The van der Waals surface area contributed by atoms with Crippen LogP contribution in [0.1, 0.15) is 30.9 Å². The predicted octanol–water partition coefficient (Wildman–Crippen LogP) is 3.14. The fraction of sp³-hybridized carbons (Fsp3) is 0.600. The summed E-state index contributed by atoms with van der Waals surface area (Å²) in [7, 11) is 3.47. The zero-order valence-corrected chi connectivity index (χ0v) is 10.9. The zero-order valence-electron chi connectivity index (χ0n) is 10.9. The molecule has 0 saturated heterocycles. The zero-order chi connectivity index (χ0) is 12.7. The largest absolute Gasteiger partial charge is 0.494 e. The molecule has 2 aliphatic carbocycles. The first-order valence-corrected chi connectivity index (χ1v) is 6.73.